The molecule has 0 aliphatic carbocycles. The number of nitrogens with zero attached hydrogens (tertiary/aromatic N) is 1. The van der Waals surface area contributed by atoms with Crippen LogP contribution in [0.4, 0.5) is 0 Å². The third kappa shape index (κ3) is 2.68. The highest BCUT2D eigenvalue weighted by atomic mass is 127. The van der Waals surface area contributed by atoms with Gasteiger partial charge in [0, 0.05) is 10.5 Å². The zero-order chi connectivity index (χ0) is 9.84. The molecule has 2 heteroatoms. The Balaban J connectivity index is 2.98. The fourth-order valence-corrected chi connectivity index (χ4v) is 2.04. The Kier molecular flexibility index (Phi) is 4.19. The molecule has 1 nitrogen and oxygen atoms in total. The minimum atomic E-state index is 0.506. The lowest BCUT2D eigenvalue weighted by Gasteiger charge is -2.22. The van der Waals surface area contributed by atoms with Crippen molar-refractivity contribution in [1.82, 2.24) is 4.90 Å². The molecule has 1 atom stereocenters. The summed E-state index contributed by atoms with van der Waals surface area (Å²) in [4.78, 5) is 2.24. The normalized spacial score (nSPS) is 13.3. The molecule has 1 rings (SSSR count). The second kappa shape index (κ2) is 4.96. The van der Waals surface area contributed by atoms with Crippen molar-refractivity contribution in [2.75, 3.05) is 14.1 Å². The van der Waals surface area contributed by atoms with E-state index in [1.54, 1.807) is 0 Å². The number of rotatable bonds is 3. The van der Waals surface area contributed by atoms with Crippen LogP contribution in [0.15, 0.2) is 24.3 Å². The molecule has 0 spiro atoms. The molecule has 0 saturated heterocycles. The SMILES string of the molecule is CC(c1ccccc1CI)N(C)C. The van der Waals surface area contributed by atoms with Gasteiger partial charge in [-0.2, -0.15) is 0 Å². The molecule has 0 aromatic heterocycles. The van der Waals surface area contributed by atoms with Crippen molar-refractivity contribution in [1.29, 1.82) is 0 Å². The van der Waals surface area contributed by atoms with Crippen LogP contribution in [0.25, 0.3) is 0 Å². The molecule has 1 unspecified atom stereocenters. The van der Waals surface area contributed by atoms with Gasteiger partial charge in [0.15, 0.2) is 0 Å². The molecular formula is C11H16IN. The van der Waals surface area contributed by atoms with Crippen LogP contribution in [0.2, 0.25) is 0 Å². The van der Waals surface area contributed by atoms with Crippen molar-refractivity contribution in [2.24, 2.45) is 0 Å². The topological polar surface area (TPSA) is 3.24 Å². The molecular weight excluding hydrogens is 273 g/mol. The third-order valence-corrected chi connectivity index (χ3v) is 3.25. The van der Waals surface area contributed by atoms with E-state index in [1.165, 1.54) is 11.1 Å². The van der Waals surface area contributed by atoms with Crippen molar-refractivity contribution in [3.05, 3.63) is 35.4 Å². The zero-order valence-corrected chi connectivity index (χ0v) is 10.6. The summed E-state index contributed by atoms with van der Waals surface area (Å²) in [6.07, 6.45) is 0. The maximum absolute atomic E-state index is 2.42. The number of benzene rings is 1. The monoisotopic (exact) mass is 289 g/mol. The molecule has 0 saturated carbocycles. The van der Waals surface area contributed by atoms with E-state index in [-0.39, 0.29) is 0 Å². The molecule has 0 heterocycles. The van der Waals surface area contributed by atoms with E-state index in [9.17, 15) is 0 Å². The summed E-state index contributed by atoms with van der Waals surface area (Å²) in [6, 6.07) is 9.16. The average molecular weight is 289 g/mol. The smallest absolute Gasteiger partial charge is 0.0316 e. The lowest BCUT2D eigenvalue weighted by molar-refractivity contribution is 0.320. The van der Waals surface area contributed by atoms with Crippen LogP contribution < -0.4 is 0 Å². The predicted octanol–water partition coefficient (Wildman–Crippen LogP) is 3.24. The zero-order valence-electron chi connectivity index (χ0n) is 8.42. The summed E-state index contributed by atoms with van der Waals surface area (Å²) in [5.41, 5.74) is 2.89. The van der Waals surface area contributed by atoms with Gasteiger partial charge >= 0.3 is 0 Å². The molecule has 0 fully saturated rings. The molecule has 1 aromatic rings. The minimum Gasteiger partial charge on any atom is -0.303 e. The van der Waals surface area contributed by atoms with Crippen LogP contribution in [0.5, 0.6) is 0 Å². The Morgan fingerprint density at radius 1 is 1.31 bits per heavy atom. The highest BCUT2D eigenvalue weighted by molar-refractivity contribution is 14.1. The van der Waals surface area contributed by atoms with E-state index in [4.69, 9.17) is 0 Å². The summed E-state index contributed by atoms with van der Waals surface area (Å²) in [5, 5.41) is 0. The van der Waals surface area contributed by atoms with Crippen molar-refractivity contribution in [3.8, 4) is 0 Å². The summed E-state index contributed by atoms with van der Waals surface area (Å²) < 4.78 is 1.09. The standard InChI is InChI=1S/C11H16IN/c1-9(13(2)3)11-7-5-4-6-10(11)8-12/h4-7,9H,8H2,1-3H3. The van der Waals surface area contributed by atoms with E-state index < -0.39 is 0 Å². The van der Waals surface area contributed by atoms with E-state index in [0.29, 0.717) is 6.04 Å². The largest absolute Gasteiger partial charge is 0.303 e. The van der Waals surface area contributed by atoms with Gasteiger partial charge in [0.1, 0.15) is 0 Å². The van der Waals surface area contributed by atoms with Gasteiger partial charge in [0.2, 0.25) is 0 Å². The Hall–Kier alpha value is -0.0900. The first-order valence-electron chi connectivity index (χ1n) is 4.47. The number of hydrogen-bond acceptors (Lipinski definition) is 1. The van der Waals surface area contributed by atoms with Crippen LogP contribution in [-0.4, -0.2) is 19.0 Å². The molecule has 1 aromatic carbocycles. The lowest BCUT2D eigenvalue weighted by atomic mass is 10.0. The molecule has 0 N–H and O–H groups in total. The molecule has 0 bridgehead atoms. The summed E-state index contributed by atoms with van der Waals surface area (Å²) in [6.45, 7) is 2.24. The summed E-state index contributed by atoms with van der Waals surface area (Å²) >= 11 is 2.42. The van der Waals surface area contributed by atoms with E-state index >= 15 is 0 Å². The van der Waals surface area contributed by atoms with Crippen LogP contribution in [0.1, 0.15) is 24.1 Å². The van der Waals surface area contributed by atoms with Gasteiger partial charge in [-0.25, -0.2) is 0 Å². The second-order valence-corrected chi connectivity index (χ2v) is 4.23. The van der Waals surface area contributed by atoms with Crippen LogP contribution in [0.3, 0.4) is 0 Å². The molecule has 0 aliphatic rings. The second-order valence-electron chi connectivity index (χ2n) is 3.47. The number of halogens is 1. The highest BCUT2D eigenvalue weighted by Gasteiger charge is 2.10. The van der Waals surface area contributed by atoms with Crippen LogP contribution >= 0.6 is 22.6 Å². The average Bonchev–Trinajstić information content (AvgIpc) is 2.16. The first-order chi connectivity index (χ1) is 6.16. The molecule has 0 amide bonds. The maximum atomic E-state index is 2.42. The van der Waals surface area contributed by atoms with Gasteiger partial charge in [-0.3, -0.25) is 0 Å². The van der Waals surface area contributed by atoms with Gasteiger partial charge in [-0.15, -0.1) is 0 Å². The Morgan fingerprint density at radius 3 is 2.46 bits per heavy atom. The lowest BCUT2D eigenvalue weighted by Crippen LogP contribution is -2.17. The fraction of sp³-hybridized carbons (Fsp3) is 0.455. The Bertz CT molecular complexity index is 271. The van der Waals surface area contributed by atoms with Gasteiger partial charge < -0.3 is 4.90 Å². The predicted molar refractivity (Wildman–Crippen MR) is 66.3 cm³/mol. The van der Waals surface area contributed by atoms with Gasteiger partial charge in [0.25, 0.3) is 0 Å². The minimum absolute atomic E-state index is 0.506. The summed E-state index contributed by atoms with van der Waals surface area (Å²) in [7, 11) is 4.24. The first-order valence-corrected chi connectivity index (χ1v) is 5.99. The van der Waals surface area contributed by atoms with Gasteiger partial charge in [0.05, 0.1) is 0 Å². The molecule has 0 aliphatic heterocycles. The molecule has 13 heavy (non-hydrogen) atoms. The van der Waals surface area contributed by atoms with Crippen LogP contribution in [-0.2, 0) is 4.43 Å². The highest BCUT2D eigenvalue weighted by Crippen LogP contribution is 2.23. The fourth-order valence-electron chi connectivity index (χ4n) is 1.34. The molecule has 0 radical (unpaired) electrons. The Labute approximate surface area is 94.3 Å². The van der Waals surface area contributed by atoms with E-state index in [0.717, 1.165) is 4.43 Å². The van der Waals surface area contributed by atoms with E-state index in [2.05, 4.69) is 72.8 Å². The first kappa shape index (κ1) is 11.0. The number of hydrogen-bond donors (Lipinski definition) is 0. The van der Waals surface area contributed by atoms with Crippen molar-refractivity contribution in [3.63, 3.8) is 0 Å². The van der Waals surface area contributed by atoms with Crippen molar-refractivity contribution >= 4 is 22.6 Å². The third-order valence-electron chi connectivity index (χ3n) is 2.42. The Morgan fingerprint density at radius 2 is 1.92 bits per heavy atom. The maximum Gasteiger partial charge on any atom is 0.0316 e. The summed E-state index contributed by atoms with van der Waals surface area (Å²) in [5.74, 6) is 0. The van der Waals surface area contributed by atoms with Gasteiger partial charge in [-0.05, 0) is 32.1 Å². The molecule has 72 valence electrons. The van der Waals surface area contributed by atoms with Crippen molar-refractivity contribution < 1.29 is 0 Å². The number of alkyl halides is 1. The van der Waals surface area contributed by atoms with Crippen molar-refractivity contribution in [2.45, 2.75) is 17.4 Å². The van der Waals surface area contributed by atoms with Gasteiger partial charge in [-0.1, -0.05) is 46.9 Å². The quantitative estimate of drug-likeness (QED) is 0.610. The van der Waals surface area contributed by atoms with E-state index in [1.807, 2.05) is 0 Å². The van der Waals surface area contributed by atoms with Crippen LogP contribution in [0, 0.1) is 0 Å².